The Hall–Kier alpha value is -1.84. The predicted octanol–water partition coefficient (Wildman–Crippen LogP) is 3.36. The molecule has 1 aromatic carbocycles. The van der Waals surface area contributed by atoms with Gasteiger partial charge in [0.2, 0.25) is 5.91 Å². The van der Waals surface area contributed by atoms with Gasteiger partial charge in [-0.2, -0.15) is 0 Å². The molecule has 4 heteroatoms. The predicted molar refractivity (Wildman–Crippen MR) is 86.7 cm³/mol. The molecule has 22 heavy (non-hydrogen) atoms. The SMILES string of the molecule is O=C(Cn1c(C2CC2)nc2ccccc21)NC1CCCCC1. The number of nitrogens with zero attached hydrogens (tertiary/aromatic N) is 2. The monoisotopic (exact) mass is 297 g/mol. The molecule has 0 radical (unpaired) electrons. The number of imidazole rings is 1. The lowest BCUT2D eigenvalue weighted by Crippen LogP contribution is -2.38. The van der Waals surface area contributed by atoms with Gasteiger partial charge in [0.25, 0.3) is 0 Å². The summed E-state index contributed by atoms with van der Waals surface area (Å²) in [6, 6.07) is 8.52. The fourth-order valence-corrected chi connectivity index (χ4v) is 3.58. The molecule has 4 nitrogen and oxygen atoms in total. The number of carbonyl (C=O) groups excluding carboxylic acids is 1. The second-order valence-electron chi connectivity index (χ2n) is 6.72. The smallest absolute Gasteiger partial charge is 0.240 e. The third kappa shape index (κ3) is 2.74. The molecule has 1 N–H and O–H groups in total. The maximum atomic E-state index is 12.5. The molecule has 1 heterocycles. The number of para-hydroxylation sites is 2. The van der Waals surface area contributed by atoms with Crippen molar-refractivity contribution in [2.24, 2.45) is 0 Å². The zero-order valence-electron chi connectivity index (χ0n) is 12.9. The average molecular weight is 297 g/mol. The number of carbonyl (C=O) groups is 1. The number of hydrogen-bond donors (Lipinski definition) is 1. The molecule has 2 aromatic rings. The lowest BCUT2D eigenvalue weighted by Gasteiger charge is -2.23. The minimum Gasteiger partial charge on any atom is -0.352 e. The molecule has 2 saturated carbocycles. The number of hydrogen-bond acceptors (Lipinski definition) is 2. The van der Waals surface area contributed by atoms with Crippen molar-refractivity contribution in [1.29, 1.82) is 0 Å². The van der Waals surface area contributed by atoms with Crippen molar-refractivity contribution in [3.8, 4) is 0 Å². The zero-order chi connectivity index (χ0) is 14.9. The average Bonchev–Trinajstić information content (AvgIpc) is 3.32. The first-order chi connectivity index (χ1) is 10.8. The largest absolute Gasteiger partial charge is 0.352 e. The standard InChI is InChI=1S/C18H23N3O/c22-17(19-14-6-2-1-3-7-14)12-21-16-9-5-4-8-15(16)20-18(21)13-10-11-13/h4-5,8-9,13-14H,1-3,6-7,10-12H2,(H,19,22). The summed E-state index contributed by atoms with van der Waals surface area (Å²) < 4.78 is 2.13. The third-order valence-corrected chi connectivity index (χ3v) is 4.90. The van der Waals surface area contributed by atoms with Crippen LogP contribution in [0.25, 0.3) is 11.0 Å². The Bertz CT molecular complexity index is 681. The van der Waals surface area contributed by atoms with Crippen LogP contribution < -0.4 is 5.32 Å². The molecule has 2 fully saturated rings. The fraction of sp³-hybridized carbons (Fsp3) is 0.556. The Morgan fingerprint density at radius 2 is 1.91 bits per heavy atom. The minimum atomic E-state index is 0.136. The van der Waals surface area contributed by atoms with E-state index in [2.05, 4.69) is 16.0 Å². The first kappa shape index (κ1) is 13.8. The first-order valence-corrected chi connectivity index (χ1v) is 8.56. The summed E-state index contributed by atoms with van der Waals surface area (Å²) >= 11 is 0. The summed E-state index contributed by atoms with van der Waals surface area (Å²) in [4.78, 5) is 17.2. The molecule has 0 spiro atoms. The number of benzene rings is 1. The topological polar surface area (TPSA) is 46.9 Å². The van der Waals surface area contributed by atoms with E-state index in [1.807, 2.05) is 18.2 Å². The van der Waals surface area contributed by atoms with Crippen LogP contribution in [0.5, 0.6) is 0 Å². The van der Waals surface area contributed by atoms with Gasteiger partial charge in [-0.15, -0.1) is 0 Å². The third-order valence-electron chi connectivity index (χ3n) is 4.90. The molecular weight excluding hydrogens is 274 g/mol. The van der Waals surface area contributed by atoms with E-state index in [0.717, 1.165) is 29.7 Å². The van der Waals surface area contributed by atoms with E-state index in [1.165, 1.54) is 32.1 Å². The van der Waals surface area contributed by atoms with Crippen LogP contribution in [0.2, 0.25) is 0 Å². The second-order valence-corrected chi connectivity index (χ2v) is 6.72. The van der Waals surface area contributed by atoms with Crippen LogP contribution in [0, 0.1) is 0 Å². The summed E-state index contributed by atoms with van der Waals surface area (Å²) in [5, 5.41) is 3.22. The van der Waals surface area contributed by atoms with Gasteiger partial charge in [0.1, 0.15) is 12.4 Å². The van der Waals surface area contributed by atoms with Gasteiger partial charge in [-0.3, -0.25) is 4.79 Å². The van der Waals surface area contributed by atoms with Crippen LogP contribution >= 0.6 is 0 Å². The number of aromatic nitrogens is 2. The van der Waals surface area contributed by atoms with Crippen LogP contribution in [-0.4, -0.2) is 21.5 Å². The van der Waals surface area contributed by atoms with Crippen LogP contribution in [0.4, 0.5) is 0 Å². The summed E-state index contributed by atoms with van der Waals surface area (Å²) in [6.07, 6.45) is 8.46. The van der Waals surface area contributed by atoms with Crippen molar-refractivity contribution in [3.63, 3.8) is 0 Å². The molecule has 1 amide bonds. The van der Waals surface area contributed by atoms with Crippen molar-refractivity contribution in [2.75, 3.05) is 0 Å². The van der Waals surface area contributed by atoms with Gasteiger partial charge in [0.05, 0.1) is 11.0 Å². The molecule has 0 aliphatic heterocycles. The highest BCUT2D eigenvalue weighted by Crippen LogP contribution is 2.40. The van der Waals surface area contributed by atoms with E-state index < -0.39 is 0 Å². The molecule has 0 saturated heterocycles. The van der Waals surface area contributed by atoms with Gasteiger partial charge in [0.15, 0.2) is 0 Å². The van der Waals surface area contributed by atoms with Crippen molar-refractivity contribution < 1.29 is 4.79 Å². The van der Waals surface area contributed by atoms with Gasteiger partial charge in [0, 0.05) is 12.0 Å². The van der Waals surface area contributed by atoms with E-state index in [0.29, 0.717) is 18.5 Å². The fourth-order valence-electron chi connectivity index (χ4n) is 3.58. The van der Waals surface area contributed by atoms with Gasteiger partial charge in [-0.05, 0) is 37.8 Å². The van der Waals surface area contributed by atoms with Gasteiger partial charge >= 0.3 is 0 Å². The van der Waals surface area contributed by atoms with E-state index in [1.54, 1.807) is 0 Å². The van der Waals surface area contributed by atoms with Gasteiger partial charge in [-0.1, -0.05) is 31.4 Å². The van der Waals surface area contributed by atoms with E-state index in [-0.39, 0.29) is 5.91 Å². The number of fused-ring (bicyclic) bond motifs is 1. The Morgan fingerprint density at radius 1 is 1.14 bits per heavy atom. The normalized spacial score (nSPS) is 19.5. The maximum absolute atomic E-state index is 12.5. The van der Waals surface area contributed by atoms with Crippen molar-refractivity contribution in [1.82, 2.24) is 14.9 Å². The maximum Gasteiger partial charge on any atom is 0.240 e. The lowest BCUT2D eigenvalue weighted by molar-refractivity contribution is -0.122. The molecule has 2 aliphatic rings. The molecule has 0 bridgehead atoms. The van der Waals surface area contributed by atoms with Crippen molar-refractivity contribution in [2.45, 2.75) is 63.5 Å². The first-order valence-electron chi connectivity index (χ1n) is 8.56. The lowest BCUT2D eigenvalue weighted by atomic mass is 9.95. The Kier molecular flexibility index (Phi) is 3.60. The summed E-state index contributed by atoms with van der Waals surface area (Å²) in [6.45, 7) is 0.406. The van der Waals surface area contributed by atoms with Crippen LogP contribution in [0.15, 0.2) is 24.3 Å². The van der Waals surface area contributed by atoms with Gasteiger partial charge in [-0.25, -0.2) is 4.98 Å². The summed E-state index contributed by atoms with van der Waals surface area (Å²) in [5.41, 5.74) is 2.10. The second kappa shape index (κ2) is 5.75. The highest BCUT2D eigenvalue weighted by atomic mass is 16.2. The van der Waals surface area contributed by atoms with Crippen LogP contribution in [0.1, 0.15) is 56.7 Å². The summed E-state index contributed by atoms with van der Waals surface area (Å²) in [7, 11) is 0. The molecular formula is C18H23N3O. The van der Waals surface area contributed by atoms with Crippen molar-refractivity contribution in [3.05, 3.63) is 30.1 Å². The summed E-state index contributed by atoms with van der Waals surface area (Å²) in [5.74, 6) is 1.78. The molecule has 4 rings (SSSR count). The Labute approximate surface area is 130 Å². The Morgan fingerprint density at radius 3 is 2.68 bits per heavy atom. The van der Waals surface area contributed by atoms with E-state index >= 15 is 0 Å². The number of amides is 1. The van der Waals surface area contributed by atoms with Gasteiger partial charge < -0.3 is 9.88 Å². The molecule has 1 aromatic heterocycles. The Balaban J connectivity index is 1.54. The zero-order valence-corrected chi connectivity index (χ0v) is 12.9. The van der Waals surface area contributed by atoms with Crippen molar-refractivity contribution >= 4 is 16.9 Å². The molecule has 0 atom stereocenters. The quantitative estimate of drug-likeness (QED) is 0.940. The van der Waals surface area contributed by atoms with Crippen LogP contribution in [-0.2, 0) is 11.3 Å². The highest BCUT2D eigenvalue weighted by Gasteiger charge is 2.30. The van der Waals surface area contributed by atoms with E-state index in [9.17, 15) is 4.79 Å². The van der Waals surface area contributed by atoms with E-state index in [4.69, 9.17) is 4.98 Å². The van der Waals surface area contributed by atoms with Crippen LogP contribution in [0.3, 0.4) is 0 Å². The number of rotatable bonds is 4. The molecule has 2 aliphatic carbocycles. The molecule has 0 unspecified atom stereocenters. The highest BCUT2D eigenvalue weighted by molar-refractivity contribution is 5.81. The number of nitrogens with one attached hydrogen (secondary N) is 1. The minimum absolute atomic E-state index is 0.136. The molecule has 116 valence electrons.